The van der Waals surface area contributed by atoms with Gasteiger partial charge >= 0.3 is 5.76 Å². The topological polar surface area (TPSA) is 63.1 Å². The van der Waals surface area contributed by atoms with Crippen LogP contribution in [0.3, 0.4) is 0 Å². The van der Waals surface area contributed by atoms with Crippen LogP contribution in [0.4, 0.5) is 0 Å². The summed E-state index contributed by atoms with van der Waals surface area (Å²) in [5, 5.41) is 0. The molecule has 1 N–H and O–H groups in total. The third kappa shape index (κ3) is 1.95. The number of aryl methyl sites for hydroxylation is 1. The Labute approximate surface area is 115 Å². The van der Waals surface area contributed by atoms with Gasteiger partial charge in [-0.15, -0.1) is 0 Å². The van der Waals surface area contributed by atoms with E-state index >= 15 is 0 Å². The van der Waals surface area contributed by atoms with Crippen LogP contribution in [-0.2, 0) is 0 Å². The molecule has 4 heteroatoms. The van der Waals surface area contributed by atoms with E-state index in [1.54, 1.807) is 18.2 Å². The van der Waals surface area contributed by atoms with Crippen molar-refractivity contribution in [2.24, 2.45) is 0 Å². The first-order valence-electron chi connectivity index (χ1n) is 6.30. The molecule has 0 aliphatic heterocycles. The smallest absolute Gasteiger partial charge is 0.408 e. The van der Waals surface area contributed by atoms with Crippen LogP contribution in [0.1, 0.15) is 27.0 Å². The van der Waals surface area contributed by atoms with Crippen molar-refractivity contribution in [1.82, 2.24) is 4.98 Å². The molecule has 0 aliphatic carbocycles. The van der Waals surface area contributed by atoms with Crippen LogP contribution in [0, 0.1) is 13.8 Å². The Balaban J connectivity index is 2.12. The second-order valence-corrected chi connectivity index (χ2v) is 4.80. The summed E-state index contributed by atoms with van der Waals surface area (Å²) in [5.41, 5.74) is 4.20. The highest BCUT2D eigenvalue weighted by molar-refractivity contribution is 6.11. The molecule has 0 bridgehead atoms. The van der Waals surface area contributed by atoms with E-state index in [9.17, 15) is 9.59 Å². The van der Waals surface area contributed by atoms with Gasteiger partial charge in [0.15, 0.2) is 11.4 Å². The van der Waals surface area contributed by atoms with Gasteiger partial charge in [0.25, 0.3) is 0 Å². The van der Waals surface area contributed by atoms with Crippen LogP contribution < -0.4 is 5.76 Å². The Bertz CT molecular complexity index is 871. The number of benzene rings is 2. The fourth-order valence-electron chi connectivity index (χ4n) is 2.24. The summed E-state index contributed by atoms with van der Waals surface area (Å²) < 4.78 is 4.99. The van der Waals surface area contributed by atoms with Crippen molar-refractivity contribution in [3.8, 4) is 0 Å². The minimum absolute atomic E-state index is 0.0723. The van der Waals surface area contributed by atoms with Crippen molar-refractivity contribution >= 4 is 16.9 Å². The maximum atomic E-state index is 12.5. The zero-order valence-corrected chi connectivity index (χ0v) is 11.2. The molecule has 0 radical (unpaired) electrons. The molecule has 0 fully saturated rings. The van der Waals surface area contributed by atoms with Crippen molar-refractivity contribution < 1.29 is 9.21 Å². The van der Waals surface area contributed by atoms with Crippen molar-refractivity contribution in [3.05, 3.63) is 69.2 Å². The van der Waals surface area contributed by atoms with Gasteiger partial charge < -0.3 is 4.42 Å². The number of nitrogens with one attached hydrogen (secondary N) is 1. The second-order valence-electron chi connectivity index (χ2n) is 4.80. The van der Waals surface area contributed by atoms with Gasteiger partial charge in [-0.05, 0) is 43.2 Å². The summed E-state index contributed by atoms with van der Waals surface area (Å²) in [6, 6.07) is 10.6. The molecular weight excluding hydrogens is 254 g/mol. The largest absolute Gasteiger partial charge is 0.417 e. The van der Waals surface area contributed by atoms with Gasteiger partial charge in [-0.1, -0.05) is 18.2 Å². The third-order valence-electron chi connectivity index (χ3n) is 3.53. The van der Waals surface area contributed by atoms with E-state index in [1.807, 2.05) is 32.0 Å². The molecule has 0 spiro atoms. The molecule has 3 aromatic rings. The first kappa shape index (κ1) is 12.4. The molecule has 0 amide bonds. The number of H-pyrrole nitrogens is 1. The monoisotopic (exact) mass is 267 g/mol. The summed E-state index contributed by atoms with van der Waals surface area (Å²) >= 11 is 0. The maximum absolute atomic E-state index is 12.5. The van der Waals surface area contributed by atoms with Crippen molar-refractivity contribution in [2.75, 3.05) is 0 Å². The first-order valence-corrected chi connectivity index (χ1v) is 6.30. The van der Waals surface area contributed by atoms with Gasteiger partial charge in [-0.3, -0.25) is 9.78 Å². The summed E-state index contributed by atoms with van der Waals surface area (Å²) in [7, 11) is 0. The fourth-order valence-corrected chi connectivity index (χ4v) is 2.24. The maximum Gasteiger partial charge on any atom is 0.417 e. The number of oxazole rings is 1. The quantitative estimate of drug-likeness (QED) is 0.726. The number of hydrogen-bond acceptors (Lipinski definition) is 3. The number of carbonyl (C=O) groups excluding carboxylic acids is 1. The van der Waals surface area contributed by atoms with E-state index in [-0.39, 0.29) is 5.78 Å². The van der Waals surface area contributed by atoms with Gasteiger partial charge in [0.2, 0.25) is 0 Å². The normalized spacial score (nSPS) is 10.9. The van der Waals surface area contributed by atoms with E-state index in [4.69, 9.17) is 4.42 Å². The Hall–Kier alpha value is -2.62. The number of hydrogen-bond donors (Lipinski definition) is 1. The molecule has 1 aromatic heterocycles. The molecule has 4 nitrogen and oxygen atoms in total. The van der Waals surface area contributed by atoms with Gasteiger partial charge in [0.05, 0.1) is 5.52 Å². The average molecular weight is 267 g/mol. The number of ketones is 1. The van der Waals surface area contributed by atoms with E-state index in [2.05, 4.69) is 4.98 Å². The van der Waals surface area contributed by atoms with E-state index in [1.165, 1.54) is 0 Å². The molecule has 3 rings (SSSR count). The lowest BCUT2D eigenvalue weighted by molar-refractivity contribution is 0.103. The molecule has 2 aromatic carbocycles. The average Bonchev–Trinajstić information content (AvgIpc) is 2.80. The summed E-state index contributed by atoms with van der Waals surface area (Å²) in [6.07, 6.45) is 0. The van der Waals surface area contributed by atoms with Crippen LogP contribution in [0.5, 0.6) is 0 Å². The second kappa shape index (κ2) is 4.49. The molecule has 0 aliphatic rings. The summed E-state index contributed by atoms with van der Waals surface area (Å²) in [4.78, 5) is 26.2. The van der Waals surface area contributed by atoms with Crippen LogP contribution >= 0.6 is 0 Å². The highest BCUT2D eigenvalue weighted by Gasteiger charge is 2.14. The predicted molar refractivity (Wildman–Crippen MR) is 76.2 cm³/mol. The molecular formula is C16H13NO3. The molecule has 100 valence electrons. The zero-order chi connectivity index (χ0) is 14.3. The molecule has 1 heterocycles. The van der Waals surface area contributed by atoms with E-state index < -0.39 is 5.76 Å². The van der Waals surface area contributed by atoms with Crippen LogP contribution in [0.2, 0.25) is 0 Å². The zero-order valence-electron chi connectivity index (χ0n) is 11.2. The fraction of sp³-hybridized carbons (Fsp3) is 0.125. The van der Waals surface area contributed by atoms with Crippen molar-refractivity contribution in [1.29, 1.82) is 0 Å². The third-order valence-corrected chi connectivity index (χ3v) is 3.53. The molecule has 0 saturated heterocycles. The Morgan fingerprint density at radius 3 is 2.75 bits per heavy atom. The Morgan fingerprint density at radius 2 is 1.95 bits per heavy atom. The number of carbonyl (C=O) groups is 1. The molecule has 0 unspecified atom stereocenters. The van der Waals surface area contributed by atoms with Gasteiger partial charge in [-0.2, -0.15) is 0 Å². The summed E-state index contributed by atoms with van der Waals surface area (Å²) in [6.45, 7) is 3.90. The number of aromatic amines is 1. The first-order chi connectivity index (χ1) is 9.56. The highest BCUT2D eigenvalue weighted by Crippen LogP contribution is 2.19. The van der Waals surface area contributed by atoms with Crippen LogP contribution in [-0.4, -0.2) is 10.8 Å². The minimum Gasteiger partial charge on any atom is -0.408 e. The van der Waals surface area contributed by atoms with Gasteiger partial charge in [0.1, 0.15) is 0 Å². The van der Waals surface area contributed by atoms with Gasteiger partial charge in [-0.25, -0.2) is 4.79 Å². The lowest BCUT2D eigenvalue weighted by atomic mass is 9.96. The van der Waals surface area contributed by atoms with Crippen molar-refractivity contribution in [3.63, 3.8) is 0 Å². The SMILES string of the molecule is Cc1cccc(C(=O)c2ccc3[nH]c(=O)oc3c2)c1C. The highest BCUT2D eigenvalue weighted by atomic mass is 16.4. The summed E-state index contributed by atoms with van der Waals surface area (Å²) in [5.74, 6) is -0.590. The van der Waals surface area contributed by atoms with Crippen LogP contribution in [0.15, 0.2) is 45.6 Å². The number of aromatic nitrogens is 1. The number of fused-ring (bicyclic) bond motifs is 1. The molecule has 20 heavy (non-hydrogen) atoms. The standard InChI is InChI=1S/C16H13NO3/c1-9-4-3-5-12(10(9)2)15(18)11-6-7-13-14(8-11)20-16(19)17-13/h3-8H,1-2H3,(H,17,19). The Morgan fingerprint density at radius 1 is 1.15 bits per heavy atom. The van der Waals surface area contributed by atoms with Crippen LogP contribution in [0.25, 0.3) is 11.1 Å². The van der Waals surface area contributed by atoms with E-state index in [0.717, 1.165) is 11.1 Å². The number of rotatable bonds is 2. The lowest BCUT2D eigenvalue weighted by Crippen LogP contribution is -2.04. The Kier molecular flexibility index (Phi) is 2.79. The predicted octanol–water partition coefficient (Wildman–Crippen LogP) is 2.97. The lowest BCUT2D eigenvalue weighted by Gasteiger charge is -2.07. The minimum atomic E-state index is -0.517. The van der Waals surface area contributed by atoms with Gasteiger partial charge in [0, 0.05) is 11.1 Å². The molecule has 0 saturated carbocycles. The molecule has 0 atom stereocenters. The van der Waals surface area contributed by atoms with Crippen molar-refractivity contribution in [2.45, 2.75) is 13.8 Å². The van der Waals surface area contributed by atoms with E-state index in [0.29, 0.717) is 22.2 Å².